The fourth-order valence-corrected chi connectivity index (χ4v) is 3.65. The van der Waals surface area contributed by atoms with E-state index >= 15 is 0 Å². The molecule has 0 radical (unpaired) electrons. The second-order valence-corrected chi connectivity index (χ2v) is 7.71. The Bertz CT molecular complexity index is 1180. The first kappa shape index (κ1) is 21.2. The molecule has 0 aliphatic heterocycles. The van der Waals surface area contributed by atoms with E-state index in [9.17, 15) is 9.59 Å². The number of carbonyl (C=O) groups excluding carboxylic acids is 1. The topological polar surface area (TPSA) is 55.2 Å². The highest BCUT2D eigenvalue weighted by molar-refractivity contribution is 5.80. The van der Waals surface area contributed by atoms with Crippen molar-refractivity contribution in [3.63, 3.8) is 0 Å². The number of rotatable bonds is 7. The average molecular weight is 424 g/mol. The molecule has 0 aliphatic rings. The van der Waals surface area contributed by atoms with E-state index in [1.165, 1.54) is 10.7 Å². The van der Waals surface area contributed by atoms with Crippen LogP contribution in [0.5, 0.6) is 0 Å². The van der Waals surface area contributed by atoms with Gasteiger partial charge >= 0.3 is 0 Å². The van der Waals surface area contributed by atoms with Crippen molar-refractivity contribution >= 4 is 5.91 Å². The summed E-state index contributed by atoms with van der Waals surface area (Å²) in [4.78, 5) is 28.0. The number of hydrogen-bond donors (Lipinski definition) is 0. The zero-order valence-electron chi connectivity index (χ0n) is 18.0. The molecule has 0 N–H and O–H groups in total. The Morgan fingerprint density at radius 1 is 0.781 bits per heavy atom. The van der Waals surface area contributed by atoms with Gasteiger partial charge in [-0.1, -0.05) is 91.0 Å². The third-order valence-corrected chi connectivity index (χ3v) is 5.36. The number of benzene rings is 3. The first-order valence-electron chi connectivity index (χ1n) is 10.6. The predicted molar refractivity (Wildman–Crippen MR) is 126 cm³/mol. The normalized spacial score (nSPS) is 11.7. The summed E-state index contributed by atoms with van der Waals surface area (Å²) in [5, 5.41) is 4.52. The molecule has 4 aromatic rings. The molecular formula is C27H25N3O2. The number of hydrogen-bond acceptors (Lipinski definition) is 3. The molecule has 1 atom stereocenters. The van der Waals surface area contributed by atoms with Crippen LogP contribution >= 0.6 is 0 Å². The van der Waals surface area contributed by atoms with E-state index in [0.717, 1.165) is 16.7 Å². The number of amides is 1. The minimum atomic E-state index is -0.737. The molecule has 1 unspecified atom stereocenters. The van der Waals surface area contributed by atoms with Gasteiger partial charge in [0, 0.05) is 24.7 Å². The zero-order valence-corrected chi connectivity index (χ0v) is 18.0. The maximum Gasteiger partial charge on any atom is 0.267 e. The van der Waals surface area contributed by atoms with E-state index in [1.54, 1.807) is 17.9 Å². The molecule has 160 valence electrons. The summed E-state index contributed by atoms with van der Waals surface area (Å²) >= 11 is 0. The Morgan fingerprint density at radius 3 is 1.81 bits per heavy atom. The van der Waals surface area contributed by atoms with Crippen molar-refractivity contribution in [1.82, 2.24) is 14.7 Å². The molecule has 1 amide bonds. The van der Waals surface area contributed by atoms with Crippen LogP contribution in [-0.4, -0.2) is 20.6 Å². The summed E-state index contributed by atoms with van der Waals surface area (Å²) in [6.07, 6.45) is 0. The van der Waals surface area contributed by atoms with E-state index in [-0.39, 0.29) is 11.5 Å². The van der Waals surface area contributed by atoms with Crippen molar-refractivity contribution in [2.45, 2.75) is 26.1 Å². The fourth-order valence-electron chi connectivity index (χ4n) is 3.65. The summed E-state index contributed by atoms with van der Waals surface area (Å²) in [5.41, 5.74) is 3.31. The molecule has 1 heterocycles. The van der Waals surface area contributed by atoms with Crippen molar-refractivity contribution in [1.29, 1.82) is 0 Å². The van der Waals surface area contributed by atoms with Gasteiger partial charge in [-0.2, -0.15) is 5.10 Å². The smallest absolute Gasteiger partial charge is 0.267 e. The molecular weight excluding hydrogens is 398 g/mol. The minimum Gasteiger partial charge on any atom is -0.332 e. The van der Waals surface area contributed by atoms with Crippen molar-refractivity contribution in [3.05, 3.63) is 125 Å². The van der Waals surface area contributed by atoms with Crippen LogP contribution in [-0.2, 0) is 17.9 Å². The van der Waals surface area contributed by atoms with Gasteiger partial charge < -0.3 is 4.90 Å². The van der Waals surface area contributed by atoms with Crippen LogP contribution in [0.25, 0.3) is 11.3 Å². The van der Waals surface area contributed by atoms with Crippen LogP contribution < -0.4 is 5.56 Å². The molecule has 0 fully saturated rings. The summed E-state index contributed by atoms with van der Waals surface area (Å²) in [6, 6.07) is 31.8. The average Bonchev–Trinajstić information content (AvgIpc) is 2.85. The highest BCUT2D eigenvalue weighted by Gasteiger charge is 2.24. The minimum absolute atomic E-state index is 0.155. The Morgan fingerprint density at radius 2 is 1.28 bits per heavy atom. The van der Waals surface area contributed by atoms with Crippen LogP contribution in [0, 0.1) is 0 Å². The van der Waals surface area contributed by atoms with Crippen molar-refractivity contribution in [3.8, 4) is 11.3 Å². The summed E-state index contributed by atoms with van der Waals surface area (Å²) in [5.74, 6) is -0.155. The molecule has 5 nitrogen and oxygen atoms in total. The largest absolute Gasteiger partial charge is 0.332 e. The summed E-state index contributed by atoms with van der Waals surface area (Å²) < 4.78 is 1.29. The van der Waals surface area contributed by atoms with E-state index in [1.807, 2.05) is 91.0 Å². The molecule has 5 heteroatoms. The second kappa shape index (κ2) is 9.88. The lowest BCUT2D eigenvalue weighted by atomic mass is 10.1. The van der Waals surface area contributed by atoms with Crippen molar-refractivity contribution < 1.29 is 4.79 Å². The Hall–Kier alpha value is -3.99. The second-order valence-electron chi connectivity index (χ2n) is 7.71. The fraction of sp³-hybridized carbons (Fsp3) is 0.148. The maximum atomic E-state index is 13.6. The Labute approximate surface area is 187 Å². The van der Waals surface area contributed by atoms with Crippen molar-refractivity contribution in [2.75, 3.05) is 0 Å². The van der Waals surface area contributed by atoms with Crippen molar-refractivity contribution in [2.24, 2.45) is 0 Å². The monoisotopic (exact) mass is 423 g/mol. The summed E-state index contributed by atoms with van der Waals surface area (Å²) in [6.45, 7) is 2.63. The van der Waals surface area contributed by atoms with Gasteiger partial charge in [0.15, 0.2) is 0 Å². The third-order valence-electron chi connectivity index (χ3n) is 5.36. The molecule has 0 spiro atoms. The van der Waals surface area contributed by atoms with Gasteiger partial charge in [-0.3, -0.25) is 9.59 Å². The first-order chi connectivity index (χ1) is 15.6. The number of nitrogens with zero attached hydrogens (tertiary/aromatic N) is 3. The van der Waals surface area contributed by atoms with Gasteiger partial charge in [0.2, 0.25) is 5.91 Å². The summed E-state index contributed by atoms with van der Waals surface area (Å²) in [7, 11) is 0. The molecule has 32 heavy (non-hydrogen) atoms. The number of carbonyl (C=O) groups is 1. The first-order valence-corrected chi connectivity index (χ1v) is 10.6. The van der Waals surface area contributed by atoms with Crippen LogP contribution in [0.4, 0.5) is 0 Å². The standard InChI is InChI=1S/C27H25N3O2/c1-21(30-26(31)18-17-25(28-30)24-15-9-4-10-16-24)27(32)29(19-22-11-5-2-6-12-22)20-23-13-7-3-8-14-23/h2-18,21H,19-20H2,1H3. The van der Waals surface area contributed by atoms with Gasteiger partial charge in [-0.15, -0.1) is 0 Å². The lowest BCUT2D eigenvalue weighted by Gasteiger charge is -2.26. The van der Waals surface area contributed by atoms with Gasteiger partial charge in [0.1, 0.15) is 6.04 Å². The van der Waals surface area contributed by atoms with Crippen LogP contribution in [0.2, 0.25) is 0 Å². The van der Waals surface area contributed by atoms with E-state index < -0.39 is 6.04 Å². The molecule has 0 aliphatic carbocycles. The van der Waals surface area contributed by atoms with Crippen LogP contribution in [0.1, 0.15) is 24.1 Å². The Balaban J connectivity index is 1.64. The van der Waals surface area contributed by atoms with E-state index in [2.05, 4.69) is 5.10 Å². The Kier molecular flexibility index (Phi) is 6.56. The molecule has 0 saturated heterocycles. The molecule has 0 saturated carbocycles. The molecule has 4 rings (SSSR count). The van der Waals surface area contributed by atoms with E-state index in [0.29, 0.717) is 18.8 Å². The van der Waals surface area contributed by atoms with Gasteiger partial charge in [0.05, 0.1) is 5.69 Å². The highest BCUT2D eigenvalue weighted by atomic mass is 16.2. The van der Waals surface area contributed by atoms with Crippen LogP contribution in [0.3, 0.4) is 0 Å². The predicted octanol–water partition coefficient (Wildman–Crippen LogP) is 4.70. The highest BCUT2D eigenvalue weighted by Crippen LogP contribution is 2.18. The van der Waals surface area contributed by atoms with Gasteiger partial charge in [-0.05, 0) is 24.1 Å². The molecule has 1 aromatic heterocycles. The molecule has 0 bridgehead atoms. The van der Waals surface area contributed by atoms with E-state index in [4.69, 9.17) is 0 Å². The lowest BCUT2D eigenvalue weighted by Crippen LogP contribution is -2.39. The third kappa shape index (κ3) is 5.01. The van der Waals surface area contributed by atoms with Gasteiger partial charge in [0.25, 0.3) is 5.56 Å². The van der Waals surface area contributed by atoms with Gasteiger partial charge in [-0.25, -0.2) is 4.68 Å². The quantitative estimate of drug-likeness (QED) is 0.433. The zero-order chi connectivity index (χ0) is 22.3. The number of aromatic nitrogens is 2. The SMILES string of the molecule is CC(C(=O)N(Cc1ccccc1)Cc1ccccc1)n1nc(-c2ccccc2)ccc1=O. The lowest BCUT2D eigenvalue weighted by molar-refractivity contribution is -0.136. The maximum absolute atomic E-state index is 13.6. The molecule has 3 aromatic carbocycles. The van der Waals surface area contributed by atoms with Crippen LogP contribution in [0.15, 0.2) is 108 Å².